The first kappa shape index (κ1) is 13.0. The molecule has 2 heterocycles. The minimum Gasteiger partial charge on any atom is -0.376 e. The van der Waals surface area contributed by atoms with Crippen molar-refractivity contribution in [1.82, 2.24) is 9.97 Å². The van der Waals surface area contributed by atoms with Crippen molar-refractivity contribution in [3.8, 4) is 0 Å². The third kappa shape index (κ3) is 2.70. The van der Waals surface area contributed by atoms with Gasteiger partial charge in [0.05, 0.1) is 12.1 Å². The molecule has 0 aromatic carbocycles. The van der Waals surface area contributed by atoms with Crippen molar-refractivity contribution in [2.75, 3.05) is 17.3 Å². The van der Waals surface area contributed by atoms with E-state index in [-0.39, 0.29) is 12.1 Å². The highest BCUT2D eigenvalue weighted by Gasteiger charge is 2.23. The Kier molecular flexibility index (Phi) is 3.98. The van der Waals surface area contributed by atoms with E-state index in [0.29, 0.717) is 11.6 Å². The molecule has 0 saturated carbocycles. The predicted molar refractivity (Wildman–Crippen MR) is 71.4 cm³/mol. The first-order chi connectivity index (χ1) is 8.61. The Labute approximate surface area is 107 Å². The molecular weight excluding hydrogens is 230 g/mol. The molecule has 6 heteroatoms. The van der Waals surface area contributed by atoms with E-state index in [2.05, 4.69) is 27.6 Å². The fourth-order valence-corrected chi connectivity index (χ4v) is 2.22. The number of hydrazine groups is 1. The van der Waals surface area contributed by atoms with E-state index in [9.17, 15) is 0 Å². The number of rotatable bonds is 4. The summed E-state index contributed by atoms with van der Waals surface area (Å²) in [7, 11) is 0. The second-order valence-corrected chi connectivity index (χ2v) is 4.72. The van der Waals surface area contributed by atoms with E-state index < -0.39 is 0 Å². The van der Waals surface area contributed by atoms with E-state index in [1.807, 2.05) is 13.8 Å². The molecule has 0 bridgehead atoms. The quantitative estimate of drug-likeness (QED) is 0.553. The Morgan fingerprint density at radius 2 is 2.06 bits per heavy atom. The minimum atomic E-state index is 0.228. The van der Waals surface area contributed by atoms with Crippen LogP contribution in [0.3, 0.4) is 0 Å². The summed E-state index contributed by atoms with van der Waals surface area (Å²) in [6.45, 7) is 6.76. The van der Waals surface area contributed by atoms with E-state index in [0.717, 1.165) is 30.8 Å². The van der Waals surface area contributed by atoms with Crippen LogP contribution in [0.1, 0.15) is 31.2 Å². The summed E-state index contributed by atoms with van der Waals surface area (Å²) < 4.78 is 5.67. The van der Waals surface area contributed by atoms with Crippen molar-refractivity contribution in [2.24, 2.45) is 5.84 Å². The van der Waals surface area contributed by atoms with Crippen molar-refractivity contribution in [2.45, 2.75) is 45.8 Å². The average Bonchev–Trinajstić information content (AvgIpc) is 2.87. The first-order valence-corrected chi connectivity index (χ1v) is 6.32. The Morgan fingerprint density at radius 1 is 1.33 bits per heavy atom. The molecule has 0 spiro atoms. The molecule has 100 valence electrons. The topological polar surface area (TPSA) is 85.1 Å². The normalized spacial score (nSPS) is 20.8. The van der Waals surface area contributed by atoms with E-state index in [1.165, 1.54) is 0 Å². The Morgan fingerprint density at radius 3 is 2.67 bits per heavy atom. The van der Waals surface area contributed by atoms with Gasteiger partial charge in [-0.15, -0.1) is 0 Å². The highest BCUT2D eigenvalue weighted by Crippen LogP contribution is 2.23. The largest absolute Gasteiger partial charge is 0.376 e. The number of aromatic nitrogens is 2. The molecule has 4 N–H and O–H groups in total. The maximum Gasteiger partial charge on any atom is 0.148 e. The first-order valence-electron chi connectivity index (χ1n) is 6.32. The summed E-state index contributed by atoms with van der Waals surface area (Å²) in [5, 5.41) is 3.40. The molecule has 1 aliphatic rings. The number of anilines is 2. The van der Waals surface area contributed by atoms with Crippen LogP contribution in [0.25, 0.3) is 0 Å². The Bertz CT molecular complexity index is 417. The zero-order valence-electron chi connectivity index (χ0n) is 11.2. The van der Waals surface area contributed by atoms with Gasteiger partial charge >= 0.3 is 0 Å². The second-order valence-electron chi connectivity index (χ2n) is 4.72. The molecule has 2 atom stereocenters. The molecule has 1 saturated heterocycles. The van der Waals surface area contributed by atoms with Crippen LogP contribution in [0.2, 0.25) is 0 Å². The van der Waals surface area contributed by atoms with Crippen molar-refractivity contribution in [1.29, 1.82) is 0 Å². The fraction of sp³-hybridized carbons (Fsp3) is 0.667. The summed E-state index contributed by atoms with van der Waals surface area (Å²) >= 11 is 0. The van der Waals surface area contributed by atoms with Crippen molar-refractivity contribution >= 4 is 11.6 Å². The van der Waals surface area contributed by atoms with Crippen LogP contribution < -0.4 is 16.6 Å². The van der Waals surface area contributed by atoms with Crippen LogP contribution in [-0.2, 0) is 4.74 Å². The number of nitrogens with two attached hydrogens (primary N) is 1. The van der Waals surface area contributed by atoms with Crippen molar-refractivity contribution < 1.29 is 4.74 Å². The van der Waals surface area contributed by atoms with E-state index in [4.69, 9.17) is 10.6 Å². The van der Waals surface area contributed by atoms with Crippen LogP contribution in [-0.4, -0.2) is 28.7 Å². The van der Waals surface area contributed by atoms with Gasteiger partial charge in [-0.1, -0.05) is 0 Å². The van der Waals surface area contributed by atoms with Gasteiger partial charge in [0.15, 0.2) is 0 Å². The molecule has 18 heavy (non-hydrogen) atoms. The number of nitrogens with zero attached hydrogens (tertiary/aromatic N) is 2. The standard InChI is InChI=1S/C12H21N5O/c1-7-11(15-9(3)16-12(7)17-13)14-8(2)10-5-4-6-18-10/h8,10H,4-6,13H2,1-3H3,(H2,14,15,16,17). The lowest BCUT2D eigenvalue weighted by Crippen LogP contribution is -2.31. The van der Waals surface area contributed by atoms with Crippen LogP contribution >= 0.6 is 0 Å². The highest BCUT2D eigenvalue weighted by molar-refractivity contribution is 5.57. The molecule has 2 rings (SSSR count). The minimum absolute atomic E-state index is 0.228. The number of hydrogen-bond donors (Lipinski definition) is 3. The fourth-order valence-electron chi connectivity index (χ4n) is 2.22. The third-order valence-electron chi connectivity index (χ3n) is 3.28. The SMILES string of the molecule is Cc1nc(NN)c(C)c(NC(C)C2CCCO2)n1. The van der Waals surface area contributed by atoms with Gasteiger partial charge in [0, 0.05) is 12.2 Å². The van der Waals surface area contributed by atoms with Crippen LogP contribution in [0.15, 0.2) is 0 Å². The van der Waals surface area contributed by atoms with Crippen LogP contribution in [0.4, 0.5) is 11.6 Å². The maximum absolute atomic E-state index is 5.67. The Hall–Kier alpha value is -1.40. The molecule has 1 aliphatic heterocycles. The summed E-state index contributed by atoms with van der Waals surface area (Å²) in [6.07, 6.45) is 2.49. The molecule has 0 aliphatic carbocycles. The van der Waals surface area contributed by atoms with Gasteiger partial charge in [-0.05, 0) is 33.6 Å². The monoisotopic (exact) mass is 251 g/mol. The van der Waals surface area contributed by atoms with Gasteiger partial charge in [-0.2, -0.15) is 0 Å². The smallest absolute Gasteiger partial charge is 0.148 e. The molecule has 6 nitrogen and oxygen atoms in total. The number of aryl methyl sites for hydroxylation is 1. The lowest BCUT2D eigenvalue weighted by atomic mass is 10.1. The molecule has 0 radical (unpaired) electrons. The summed E-state index contributed by atoms with van der Waals surface area (Å²) in [5.41, 5.74) is 3.52. The van der Waals surface area contributed by atoms with Crippen molar-refractivity contribution in [3.05, 3.63) is 11.4 Å². The van der Waals surface area contributed by atoms with E-state index in [1.54, 1.807) is 0 Å². The summed E-state index contributed by atoms with van der Waals surface area (Å²) in [5.74, 6) is 7.61. The third-order valence-corrected chi connectivity index (χ3v) is 3.28. The summed E-state index contributed by atoms with van der Waals surface area (Å²) in [6, 6.07) is 0.228. The lowest BCUT2D eigenvalue weighted by molar-refractivity contribution is 0.0995. The lowest BCUT2D eigenvalue weighted by Gasteiger charge is -2.22. The van der Waals surface area contributed by atoms with Crippen molar-refractivity contribution in [3.63, 3.8) is 0 Å². The van der Waals surface area contributed by atoms with Gasteiger partial charge in [0.1, 0.15) is 17.5 Å². The molecular formula is C12H21N5O. The second kappa shape index (κ2) is 5.49. The number of hydrogen-bond acceptors (Lipinski definition) is 6. The van der Waals surface area contributed by atoms with Crippen LogP contribution in [0.5, 0.6) is 0 Å². The zero-order valence-corrected chi connectivity index (χ0v) is 11.2. The molecule has 1 aromatic rings. The molecule has 0 amide bonds. The maximum atomic E-state index is 5.67. The molecule has 1 fully saturated rings. The zero-order chi connectivity index (χ0) is 13.1. The van der Waals surface area contributed by atoms with Gasteiger partial charge in [0.25, 0.3) is 0 Å². The van der Waals surface area contributed by atoms with Crippen LogP contribution in [0, 0.1) is 13.8 Å². The number of nitrogen functional groups attached to an aromatic ring is 1. The van der Waals surface area contributed by atoms with Gasteiger partial charge < -0.3 is 15.5 Å². The van der Waals surface area contributed by atoms with Gasteiger partial charge in [-0.25, -0.2) is 15.8 Å². The predicted octanol–water partition coefficient (Wildman–Crippen LogP) is 1.36. The number of ether oxygens (including phenoxy) is 1. The van der Waals surface area contributed by atoms with Gasteiger partial charge in [0.2, 0.25) is 0 Å². The molecule has 2 unspecified atom stereocenters. The highest BCUT2D eigenvalue weighted by atomic mass is 16.5. The molecule has 1 aromatic heterocycles. The average molecular weight is 251 g/mol. The number of nitrogens with one attached hydrogen (secondary N) is 2. The summed E-state index contributed by atoms with van der Waals surface area (Å²) in [4.78, 5) is 8.66. The Balaban J connectivity index is 2.14. The van der Waals surface area contributed by atoms with Gasteiger partial charge in [-0.3, -0.25) is 0 Å². The van der Waals surface area contributed by atoms with E-state index >= 15 is 0 Å².